The van der Waals surface area contributed by atoms with E-state index in [0.717, 1.165) is 35.4 Å². The van der Waals surface area contributed by atoms with Gasteiger partial charge in [-0.2, -0.15) is 5.10 Å². The molecule has 0 bridgehead atoms. The number of ether oxygens (including phenoxy) is 1. The number of hydrogen-bond donors (Lipinski definition) is 1. The Kier molecular flexibility index (Phi) is 4.16. The summed E-state index contributed by atoms with van der Waals surface area (Å²) in [5.41, 5.74) is 0.828. The summed E-state index contributed by atoms with van der Waals surface area (Å²) in [7, 11) is 3.75. The van der Waals surface area contributed by atoms with E-state index >= 15 is 0 Å². The SMILES string of the molecule is CC.CNc1cc(OC2(C)CCC2)c2cnn(C)c2n1.[HH]. The summed E-state index contributed by atoms with van der Waals surface area (Å²) >= 11 is 0. The van der Waals surface area contributed by atoms with Crippen LogP contribution >= 0.6 is 0 Å². The lowest BCUT2D eigenvalue weighted by molar-refractivity contribution is 0.0127. The lowest BCUT2D eigenvalue weighted by atomic mass is 9.82. The van der Waals surface area contributed by atoms with E-state index in [1.165, 1.54) is 6.42 Å². The highest BCUT2D eigenvalue weighted by atomic mass is 16.5. The molecular formula is C15H26N4O. The van der Waals surface area contributed by atoms with Crippen molar-refractivity contribution in [1.82, 2.24) is 14.8 Å². The summed E-state index contributed by atoms with van der Waals surface area (Å²) in [6.07, 6.45) is 5.30. The molecule has 0 unspecified atom stereocenters. The number of hydrogen-bond acceptors (Lipinski definition) is 4. The first-order valence-electron chi connectivity index (χ1n) is 7.31. The van der Waals surface area contributed by atoms with Gasteiger partial charge >= 0.3 is 0 Å². The Bertz CT molecular complexity index is 593. The van der Waals surface area contributed by atoms with E-state index in [9.17, 15) is 0 Å². The zero-order valence-corrected chi connectivity index (χ0v) is 13.0. The molecule has 20 heavy (non-hydrogen) atoms. The second-order valence-electron chi connectivity index (χ2n) is 5.17. The molecule has 3 rings (SSSR count). The van der Waals surface area contributed by atoms with Gasteiger partial charge in [-0.25, -0.2) is 4.98 Å². The van der Waals surface area contributed by atoms with Crippen LogP contribution in [-0.2, 0) is 7.05 Å². The fourth-order valence-corrected chi connectivity index (χ4v) is 2.34. The molecule has 0 spiro atoms. The minimum Gasteiger partial charge on any atom is -0.487 e. The molecule has 0 aromatic carbocycles. The van der Waals surface area contributed by atoms with Crippen LogP contribution in [0.3, 0.4) is 0 Å². The number of aryl methyl sites for hydroxylation is 1. The van der Waals surface area contributed by atoms with Crippen LogP contribution in [0.5, 0.6) is 5.75 Å². The molecule has 0 aliphatic heterocycles. The van der Waals surface area contributed by atoms with Crippen molar-refractivity contribution >= 4 is 16.9 Å². The Morgan fingerprint density at radius 3 is 2.65 bits per heavy atom. The Hall–Kier alpha value is -1.78. The normalized spacial score (nSPS) is 16.1. The minimum absolute atomic E-state index is 0. The molecule has 112 valence electrons. The van der Waals surface area contributed by atoms with Crippen molar-refractivity contribution in [1.29, 1.82) is 0 Å². The third kappa shape index (κ3) is 2.57. The number of nitrogens with one attached hydrogen (secondary N) is 1. The second kappa shape index (κ2) is 5.69. The number of aromatic nitrogens is 3. The van der Waals surface area contributed by atoms with E-state index in [0.29, 0.717) is 0 Å². The van der Waals surface area contributed by atoms with Gasteiger partial charge in [0.1, 0.15) is 17.2 Å². The third-order valence-corrected chi connectivity index (χ3v) is 3.69. The van der Waals surface area contributed by atoms with Crippen LogP contribution in [0.1, 0.15) is 41.5 Å². The van der Waals surface area contributed by atoms with Crippen molar-refractivity contribution in [2.45, 2.75) is 45.6 Å². The molecule has 1 aliphatic rings. The van der Waals surface area contributed by atoms with Gasteiger partial charge in [0.15, 0.2) is 5.65 Å². The van der Waals surface area contributed by atoms with Gasteiger partial charge < -0.3 is 10.1 Å². The van der Waals surface area contributed by atoms with Crippen LogP contribution < -0.4 is 10.1 Å². The Labute approximate surface area is 121 Å². The monoisotopic (exact) mass is 278 g/mol. The molecule has 1 saturated carbocycles. The Morgan fingerprint density at radius 2 is 2.10 bits per heavy atom. The topological polar surface area (TPSA) is 52.0 Å². The van der Waals surface area contributed by atoms with Gasteiger partial charge in [-0.05, 0) is 26.2 Å². The molecule has 5 nitrogen and oxygen atoms in total. The molecule has 0 radical (unpaired) electrons. The highest BCUT2D eigenvalue weighted by molar-refractivity contribution is 5.84. The first-order valence-corrected chi connectivity index (χ1v) is 7.31. The van der Waals surface area contributed by atoms with Crippen molar-refractivity contribution in [3.05, 3.63) is 12.3 Å². The van der Waals surface area contributed by atoms with Crippen molar-refractivity contribution in [3.63, 3.8) is 0 Å². The molecule has 2 aromatic rings. The molecule has 0 saturated heterocycles. The van der Waals surface area contributed by atoms with Crippen LogP contribution in [0.2, 0.25) is 0 Å². The van der Waals surface area contributed by atoms with Gasteiger partial charge in [0.05, 0.1) is 11.6 Å². The summed E-state index contributed by atoms with van der Waals surface area (Å²) in [4.78, 5) is 4.50. The largest absolute Gasteiger partial charge is 0.487 e. The fraction of sp³-hybridized carbons (Fsp3) is 0.600. The van der Waals surface area contributed by atoms with E-state index in [1.807, 2.05) is 40.2 Å². The maximum absolute atomic E-state index is 6.17. The van der Waals surface area contributed by atoms with E-state index in [2.05, 4.69) is 22.3 Å². The molecule has 1 aliphatic carbocycles. The van der Waals surface area contributed by atoms with E-state index in [-0.39, 0.29) is 7.03 Å². The van der Waals surface area contributed by atoms with Crippen molar-refractivity contribution in [2.24, 2.45) is 7.05 Å². The molecule has 2 aromatic heterocycles. The van der Waals surface area contributed by atoms with E-state index < -0.39 is 0 Å². The van der Waals surface area contributed by atoms with Crippen LogP contribution in [-0.4, -0.2) is 27.4 Å². The summed E-state index contributed by atoms with van der Waals surface area (Å²) in [5.74, 6) is 1.68. The van der Waals surface area contributed by atoms with Gasteiger partial charge in [0, 0.05) is 21.6 Å². The molecular weight excluding hydrogens is 252 g/mol. The second-order valence-corrected chi connectivity index (χ2v) is 5.17. The fourth-order valence-electron chi connectivity index (χ4n) is 2.34. The molecule has 0 amide bonds. The van der Waals surface area contributed by atoms with Crippen LogP contribution in [0.4, 0.5) is 5.82 Å². The standard InChI is InChI=1S/C13H18N4O.C2H6.H2/c1-13(5-4-6-13)18-10-7-11(14-2)16-12-9(10)8-15-17(12)3;1-2;/h7-8H,4-6H2,1-3H3,(H,14,16);1-2H3;1H. The average Bonchev–Trinajstić information content (AvgIpc) is 2.81. The lowest BCUT2D eigenvalue weighted by Gasteiger charge is -2.38. The molecule has 5 heteroatoms. The predicted molar refractivity (Wildman–Crippen MR) is 84.4 cm³/mol. The number of pyridine rings is 1. The highest BCUT2D eigenvalue weighted by Gasteiger charge is 2.34. The molecule has 2 heterocycles. The van der Waals surface area contributed by atoms with Gasteiger partial charge in [-0.15, -0.1) is 0 Å². The predicted octanol–water partition coefficient (Wildman–Crippen LogP) is 3.60. The Balaban J connectivity index is 0.000000706. The first kappa shape index (κ1) is 14.6. The van der Waals surface area contributed by atoms with E-state index in [4.69, 9.17) is 4.74 Å². The van der Waals surface area contributed by atoms with Crippen LogP contribution in [0.15, 0.2) is 12.3 Å². The van der Waals surface area contributed by atoms with Crippen molar-refractivity contribution in [3.8, 4) is 5.75 Å². The smallest absolute Gasteiger partial charge is 0.163 e. The number of anilines is 1. The third-order valence-electron chi connectivity index (χ3n) is 3.69. The van der Waals surface area contributed by atoms with Crippen LogP contribution in [0.25, 0.3) is 11.0 Å². The van der Waals surface area contributed by atoms with Gasteiger partial charge in [0.2, 0.25) is 0 Å². The highest BCUT2D eigenvalue weighted by Crippen LogP contribution is 2.38. The van der Waals surface area contributed by atoms with Gasteiger partial charge in [0.25, 0.3) is 0 Å². The van der Waals surface area contributed by atoms with Crippen LogP contribution in [0, 0.1) is 0 Å². The maximum Gasteiger partial charge on any atom is 0.163 e. The van der Waals surface area contributed by atoms with E-state index in [1.54, 1.807) is 4.68 Å². The first-order chi connectivity index (χ1) is 9.61. The number of nitrogens with zero attached hydrogens (tertiary/aromatic N) is 3. The zero-order valence-electron chi connectivity index (χ0n) is 13.0. The minimum atomic E-state index is -0.0187. The summed E-state index contributed by atoms with van der Waals surface area (Å²) in [6, 6.07) is 1.95. The average molecular weight is 278 g/mol. The zero-order chi connectivity index (χ0) is 14.8. The van der Waals surface area contributed by atoms with Crippen molar-refractivity contribution < 1.29 is 6.16 Å². The molecule has 0 atom stereocenters. The van der Waals surface area contributed by atoms with Crippen molar-refractivity contribution in [2.75, 3.05) is 12.4 Å². The lowest BCUT2D eigenvalue weighted by Crippen LogP contribution is -2.39. The maximum atomic E-state index is 6.17. The number of fused-ring (bicyclic) bond motifs is 1. The number of rotatable bonds is 3. The molecule has 1 N–H and O–H groups in total. The summed E-state index contributed by atoms with van der Waals surface area (Å²) in [6.45, 7) is 6.16. The summed E-state index contributed by atoms with van der Waals surface area (Å²) in [5, 5.41) is 8.29. The quantitative estimate of drug-likeness (QED) is 0.932. The van der Waals surface area contributed by atoms with Gasteiger partial charge in [-0.3, -0.25) is 4.68 Å². The van der Waals surface area contributed by atoms with Gasteiger partial charge in [-0.1, -0.05) is 13.8 Å². The Morgan fingerprint density at radius 1 is 1.40 bits per heavy atom. The molecule has 1 fully saturated rings. The summed E-state index contributed by atoms with van der Waals surface area (Å²) < 4.78 is 7.94.